The maximum absolute atomic E-state index is 12.6. The van der Waals surface area contributed by atoms with Crippen molar-refractivity contribution in [3.63, 3.8) is 0 Å². The molecule has 5 nitrogen and oxygen atoms in total. The summed E-state index contributed by atoms with van der Waals surface area (Å²) in [4.78, 5) is 26.6. The molecule has 0 aliphatic rings. The zero-order valence-electron chi connectivity index (χ0n) is 16.6. The van der Waals surface area contributed by atoms with Crippen LogP contribution in [-0.2, 0) is 22.3 Å². The van der Waals surface area contributed by atoms with Crippen LogP contribution in [0, 0.1) is 6.92 Å². The summed E-state index contributed by atoms with van der Waals surface area (Å²) in [5, 5.41) is 2.73. The molecule has 8 heteroatoms. The van der Waals surface area contributed by atoms with Gasteiger partial charge in [-0.2, -0.15) is 13.2 Å². The van der Waals surface area contributed by atoms with Crippen LogP contribution in [0.3, 0.4) is 0 Å². The minimum atomic E-state index is -4.37. The number of likely N-dealkylation sites (N-methyl/N-ethyl adjacent to an activating group) is 2. The number of anilines is 1. The Balaban J connectivity index is 1.81. The maximum Gasteiger partial charge on any atom is 0.416 e. The predicted octanol–water partition coefficient (Wildman–Crippen LogP) is 2.13. The van der Waals surface area contributed by atoms with E-state index < -0.39 is 11.7 Å². The molecular weight excluding hydrogens is 383 g/mol. The highest BCUT2D eigenvalue weighted by atomic mass is 19.4. The fourth-order valence-corrected chi connectivity index (χ4v) is 2.76. The van der Waals surface area contributed by atoms with E-state index in [-0.39, 0.29) is 24.9 Å². The highest BCUT2D eigenvalue weighted by molar-refractivity contribution is 5.94. The van der Waals surface area contributed by atoms with E-state index in [0.717, 1.165) is 22.6 Å². The minimum absolute atomic E-state index is 0.0831. The molecule has 0 aromatic heterocycles. The Hall–Kier alpha value is -2.87. The number of aryl methyl sites for hydroxylation is 1. The average Bonchev–Trinajstić information content (AvgIpc) is 2.63. The van der Waals surface area contributed by atoms with Crippen molar-refractivity contribution in [2.45, 2.75) is 19.6 Å². The van der Waals surface area contributed by atoms with Crippen LogP contribution in [0.2, 0.25) is 0 Å². The second kappa shape index (κ2) is 9.56. The summed E-state index contributed by atoms with van der Waals surface area (Å²) in [5.74, 6) is -0.529. The maximum atomic E-state index is 12.6. The molecule has 1 unspecified atom stereocenters. The first-order valence-corrected chi connectivity index (χ1v) is 9.12. The van der Waals surface area contributed by atoms with Gasteiger partial charge in [-0.1, -0.05) is 29.8 Å². The van der Waals surface area contributed by atoms with Gasteiger partial charge in [-0.3, -0.25) is 9.59 Å². The molecule has 156 valence electrons. The van der Waals surface area contributed by atoms with E-state index in [1.54, 1.807) is 26.2 Å². The van der Waals surface area contributed by atoms with Crippen LogP contribution in [0.4, 0.5) is 18.9 Å². The van der Waals surface area contributed by atoms with E-state index in [0.29, 0.717) is 17.8 Å². The first-order chi connectivity index (χ1) is 13.5. The second-order valence-corrected chi connectivity index (χ2v) is 7.17. The molecule has 29 heavy (non-hydrogen) atoms. The number of nitrogens with zero attached hydrogens (tertiary/aromatic N) is 1. The monoisotopic (exact) mass is 408 g/mol. The number of hydrogen-bond acceptors (Lipinski definition) is 2. The first-order valence-electron chi connectivity index (χ1n) is 9.12. The molecule has 0 heterocycles. The summed E-state index contributed by atoms with van der Waals surface area (Å²) < 4.78 is 37.8. The molecule has 0 spiro atoms. The third-order valence-corrected chi connectivity index (χ3v) is 4.38. The van der Waals surface area contributed by atoms with E-state index in [2.05, 4.69) is 5.32 Å². The highest BCUT2D eigenvalue weighted by Gasteiger charge is 2.30. The fraction of sp³-hybridized carbons (Fsp3) is 0.333. The van der Waals surface area contributed by atoms with Gasteiger partial charge in [0.2, 0.25) is 5.91 Å². The van der Waals surface area contributed by atoms with Crippen molar-refractivity contribution in [1.29, 1.82) is 0 Å². The summed E-state index contributed by atoms with van der Waals surface area (Å²) in [6.45, 7) is 2.38. The van der Waals surface area contributed by atoms with Gasteiger partial charge in [0.25, 0.3) is 5.91 Å². The summed E-state index contributed by atoms with van der Waals surface area (Å²) in [6.07, 6.45) is -4.37. The van der Waals surface area contributed by atoms with Gasteiger partial charge in [-0.05, 0) is 31.2 Å². The standard InChI is InChI=1S/C21H24F3N3O2/c1-15-4-10-18(11-5-15)25-19(28)13-27(3)20(29)14-26(2)12-16-6-8-17(9-7-16)21(22,23)24/h4-11H,12-14H2,1-3H3,(H,25,28)/p+1. The molecule has 0 aliphatic heterocycles. The number of hydrogen-bond donors (Lipinski definition) is 2. The molecule has 2 aromatic rings. The minimum Gasteiger partial charge on any atom is -0.332 e. The number of amides is 2. The molecule has 0 fully saturated rings. The van der Waals surface area contributed by atoms with Crippen LogP contribution >= 0.6 is 0 Å². The number of benzene rings is 2. The number of alkyl halides is 3. The van der Waals surface area contributed by atoms with Gasteiger partial charge in [-0.25, -0.2) is 0 Å². The average molecular weight is 408 g/mol. The zero-order chi connectivity index (χ0) is 21.6. The van der Waals surface area contributed by atoms with Gasteiger partial charge < -0.3 is 15.1 Å². The molecule has 0 saturated carbocycles. The van der Waals surface area contributed by atoms with Crippen LogP contribution in [0.25, 0.3) is 0 Å². The van der Waals surface area contributed by atoms with Gasteiger partial charge >= 0.3 is 6.18 Å². The number of nitrogens with one attached hydrogen (secondary N) is 2. The second-order valence-electron chi connectivity index (χ2n) is 7.17. The molecule has 0 radical (unpaired) electrons. The van der Waals surface area contributed by atoms with Crippen LogP contribution in [0.5, 0.6) is 0 Å². The Morgan fingerprint density at radius 3 is 2.17 bits per heavy atom. The number of halogens is 3. The third kappa shape index (κ3) is 7.23. The van der Waals surface area contributed by atoms with E-state index in [1.165, 1.54) is 17.0 Å². The molecule has 2 amide bonds. The fourth-order valence-electron chi connectivity index (χ4n) is 2.76. The van der Waals surface area contributed by atoms with Crippen LogP contribution in [0.15, 0.2) is 48.5 Å². The summed E-state index contributed by atoms with van der Waals surface area (Å²) in [6, 6.07) is 12.2. The highest BCUT2D eigenvalue weighted by Crippen LogP contribution is 2.28. The topological polar surface area (TPSA) is 53.9 Å². The smallest absolute Gasteiger partial charge is 0.332 e. The summed E-state index contributed by atoms with van der Waals surface area (Å²) in [5.41, 5.74) is 1.73. The van der Waals surface area contributed by atoms with Gasteiger partial charge in [0, 0.05) is 18.3 Å². The van der Waals surface area contributed by atoms with Crippen molar-refractivity contribution < 1.29 is 27.7 Å². The Bertz CT molecular complexity index is 834. The van der Waals surface area contributed by atoms with Gasteiger partial charge in [-0.15, -0.1) is 0 Å². The lowest BCUT2D eigenvalue weighted by Gasteiger charge is -2.20. The Morgan fingerprint density at radius 1 is 1.03 bits per heavy atom. The molecular formula is C21H25F3N3O2+. The summed E-state index contributed by atoms with van der Waals surface area (Å²) in [7, 11) is 3.32. The van der Waals surface area contributed by atoms with E-state index in [9.17, 15) is 22.8 Å². The molecule has 0 aliphatic carbocycles. The molecule has 1 atom stereocenters. The lowest BCUT2D eigenvalue weighted by atomic mass is 10.1. The Kier molecular flexibility index (Phi) is 7.39. The van der Waals surface area contributed by atoms with Crippen molar-refractivity contribution >= 4 is 17.5 Å². The lowest BCUT2D eigenvalue weighted by Crippen LogP contribution is -3.08. The Labute approximate surface area is 168 Å². The van der Waals surface area contributed by atoms with Crippen LogP contribution < -0.4 is 10.2 Å². The van der Waals surface area contributed by atoms with Gasteiger partial charge in [0.05, 0.1) is 19.2 Å². The molecule has 2 aromatic carbocycles. The normalized spacial score (nSPS) is 12.3. The zero-order valence-corrected chi connectivity index (χ0v) is 16.6. The van der Waals surface area contributed by atoms with Crippen LogP contribution in [-0.4, -0.2) is 43.9 Å². The largest absolute Gasteiger partial charge is 0.416 e. The number of rotatable bonds is 7. The van der Waals surface area contributed by atoms with Crippen LogP contribution in [0.1, 0.15) is 16.7 Å². The van der Waals surface area contributed by atoms with Crippen molar-refractivity contribution in [1.82, 2.24) is 4.90 Å². The SMILES string of the molecule is Cc1ccc(NC(=O)CN(C)C(=O)C[NH+](C)Cc2ccc(C(F)(F)F)cc2)cc1. The number of carbonyl (C=O) groups is 2. The van der Waals surface area contributed by atoms with Crippen molar-refractivity contribution in [2.75, 3.05) is 32.5 Å². The number of quaternary nitrogens is 1. The van der Waals surface area contributed by atoms with E-state index in [4.69, 9.17) is 0 Å². The molecule has 0 bridgehead atoms. The van der Waals surface area contributed by atoms with Crippen molar-refractivity contribution in [3.8, 4) is 0 Å². The number of carbonyl (C=O) groups excluding carboxylic acids is 2. The van der Waals surface area contributed by atoms with Crippen molar-refractivity contribution in [2.24, 2.45) is 0 Å². The quantitative estimate of drug-likeness (QED) is 0.738. The van der Waals surface area contributed by atoms with E-state index >= 15 is 0 Å². The molecule has 2 N–H and O–H groups in total. The van der Waals surface area contributed by atoms with Gasteiger partial charge in [0.1, 0.15) is 6.54 Å². The van der Waals surface area contributed by atoms with Gasteiger partial charge in [0.15, 0.2) is 6.54 Å². The van der Waals surface area contributed by atoms with E-state index in [1.807, 2.05) is 19.1 Å². The lowest BCUT2D eigenvalue weighted by molar-refractivity contribution is -0.885. The molecule has 0 saturated heterocycles. The molecule has 2 rings (SSSR count). The van der Waals surface area contributed by atoms with Crippen molar-refractivity contribution in [3.05, 3.63) is 65.2 Å². The Morgan fingerprint density at radius 2 is 1.62 bits per heavy atom. The third-order valence-electron chi connectivity index (χ3n) is 4.38. The predicted molar refractivity (Wildman–Crippen MR) is 104 cm³/mol. The first kappa shape index (κ1) is 22.4. The summed E-state index contributed by atoms with van der Waals surface area (Å²) >= 11 is 0.